The van der Waals surface area contributed by atoms with Gasteiger partial charge in [-0.1, -0.05) is 18.2 Å². The molecule has 0 bridgehead atoms. The number of halogens is 1. The predicted molar refractivity (Wildman–Crippen MR) is 110 cm³/mol. The zero-order chi connectivity index (χ0) is 21.3. The molecule has 0 saturated heterocycles. The zero-order valence-corrected chi connectivity index (χ0v) is 16.7. The number of amides is 1. The van der Waals surface area contributed by atoms with Gasteiger partial charge in [-0.2, -0.15) is 4.98 Å². The number of anilines is 1. The van der Waals surface area contributed by atoms with Crippen LogP contribution in [0.1, 0.15) is 12.5 Å². The first-order valence-electron chi connectivity index (χ1n) is 9.29. The molecule has 1 heterocycles. The van der Waals surface area contributed by atoms with Gasteiger partial charge in [0.2, 0.25) is 11.8 Å². The van der Waals surface area contributed by atoms with E-state index >= 15 is 0 Å². The molecule has 2 aromatic carbocycles. The molecule has 0 N–H and O–H groups in total. The Balaban J connectivity index is 1.95. The smallest absolute Gasteiger partial charge is 0.246 e. The fraction of sp³-hybridized carbons (Fsp3) is 0.227. The lowest BCUT2D eigenvalue weighted by atomic mass is 10.1. The monoisotopic (exact) mass is 410 g/mol. The molecule has 0 fully saturated rings. The van der Waals surface area contributed by atoms with E-state index < -0.39 is 6.67 Å². The molecule has 1 amide bonds. The van der Waals surface area contributed by atoms with Crippen molar-refractivity contribution in [2.75, 3.05) is 25.3 Å². The number of carbonyl (C=O) groups is 1. The van der Waals surface area contributed by atoms with E-state index in [1.807, 2.05) is 18.2 Å². The van der Waals surface area contributed by atoms with Gasteiger partial charge < -0.3 is 19.1 Å². The quantitative estimate of drug-likeness (QED) is 0.527. The Morgan fingerprint density at radius 2 is 1.93 bits per heavy atom. The van der Waals surface area contributed by atoms with Gasteiger partial charge in [0.15, 0.2) is 0 Å². The number of aromatic nitrogens is 2. The lowest BCUT2D eigenvalue weighted by Gasteiger charge is -2.24. The van der Waals surface area contributed by atoms with Crippen LogP contribution in [0.25, 0.3) is 0 Å². The van der Waals surface area contributed by atoms with E-state index in [0.29, 0.717) is 28.5 Å². The fourth-order valence-corrected chi connectivity index (χ4v) is 2.81. The lowest BCUT2D eigenvalue weighted by molar-refractivity contribution is -0.116. The van der Waals surface area contributed by atoms with Crippen LogP contribution in [0, 0.1) is 0 Å². The van der Waals surface area contributed by atoms with Crippen LogP contribution in [-0.2, 0) is 11.3 Å². The Hall–Kier alpha value is -3.68. The zero-order valence-electron chi connectivity index (χ0n) is 16.7. The van der Waals surface area contributed by atoms with Crippen molar-refractivity contribution in [3.8, 4) is 23.1 Å². The average molecular weight is 410 g/mol. The Kier molecular flexibility index (Phi) is 7.15. The van der Waals surface area contributed by atoms with E-state index in [1.54, 1.807) is 37.4 Å². The Bertz CT molecular complexity index is 985. The molecule has 7 nitrogen and oxygen atoms in total. The molecule has 30 heavy (non-hydrogen) atoms. The number of rotatable bonds is 9. The lowest BCUT2D eigenvalue weighted by Crippen LogP contribution is -2.29. The molecule has 0 atom stereocenters. The summed E-state index contributed by atoms with van der Waals surface area (Å²) in [5.41, 5.74) is 1.04. The van der Waals surface area contributed by atoms with E-state index in [9.17, 15) is 9.18 Å². The average Bonchev–Trinajstić information content (AvgIpc) is 2.77. The summed E-state index contributed by atoms with van der Waals surface area (Å²) in [5, 5.41) is 0. The van der Waals surface area contributed by atoms with Crippen molar-refractivity contribution in [2.45, 2.75) is 13.5 Å². The summed E-state index contributed by atoms with van der Waals surface area (Å²) in [4.78, 5) is 22.2. The van der Waals surface area contributed by atoms with Gasteiger partial charge in [0.25, 0.3) is 0 Å². The Labute approximate surface area is 174 Å². The minimum absolute atomic E-state index is 0.0871. The van der Waals surface area contributed by atoms with Gasteiger partial charge >= 0.3 is 0 Å². The predicted octanol–water partition coefficient (Wildman–Crippen LogP) is 4.18. The van der Waals surface area contributed by atoms with E-state index in [4.69, 9.17) is 14.2 Å². The third kappa shape index (κ3) is 5.22. The number of alkyl halides is 1. The van der Waals surface area contributed by atoms with E-state index in [2.05, 4.69) is 9.97 Å². The Morgan fingerprint density at radius 3 is 2.63 bits per heavy atom. The number of hydrogen-bond acceptors (Lipinski definition) is 6. The van der Waals surface area contributed by atoms with Crippen LogP contribution in [0.15, 0.2) is 61.1 Å². The van der Waals surface area contributed by atoms with E-state index in [1.165, 1.54) is 24.3 Å². The number of carbonyl (C=O) groups excluding carboxylic acids is 1. The summed E-state index contributed by atoms with van der Waals surface area (Å²) in [7, 11) is 1.54. The second-order valence-electron chi connectivity index (χ2n) is 6.24. The number of para-hydroxylation sites is 1. The van der Waals surface area contributed by atoms with Gasteiger partial charge in [-0.3, -0.25) is 4.79 Å². The van der Waals surface area contributed by atoms with Gasteiger partial charge in [-0.05, 0) is 30.3 Å². The summed E-state index contributed by atoms with van der Waals surface area (Å²) in [6.45, 7) is 0.855. The first-order chi connectivity index (χ1) is 14.6. The van der Waals surface area contributed by atoms with Crippen molar-refractivity contribution in [3.63, 3.8) is 0 Å². The fourth-order valence-electron chi connectivity index (χ4n) is 2.81. The SMILES string of the molecule is COc1ccc(OCC[18F])c(CN(C(C)=O)c2cncnc2Oc2ccccc2)c1. The highest BCUT2D eigenvalue weighted by atomic mass is 18.2. The minimum atomic E-state index is -0.622. The van der Waals surface area contributed by atoms with Crippen LogP contribution >= 0.6 is 0 Å². The highest BCUT2D eigenvalue weighted by Crippen LogP contribution is 2.33. The van der Waals surface area contributed by atoms with Crippen molar-refractivity contribution in [3.05, 3.63) is 66.6 Å². The van der Waals surface area contributed by atoms with Crippen LogP contribution in [-0.4, -0.2) is 36.3 Å². The van der Waals surface area contributed by atoms with Crippen LogP contribution in [0.5, 0.6) is 23.1 Å². The molecule has 0 saturated carbocycles. The van der Waals surface area contributed by atoms with Crippen LogP contribution in [0.3, 0.4) is 0 Å². The summed E-state index contributed by atoms with van der Waals surface area (Å²) in [6, 6.07) is 14.3. The van der Waals surface area contributed by atoms with Crippen molar-refractivity contribution in [2.24, 2.45) is 0 Å². The number of nitrogens with zero attached hydrogens (tertiary/aromatic N) is 3. The highest BCUT2D eigenvalue weighted by molar-refractivity contribution is 5.92. The second-order valence-corrected chi connectivity index (χ2v) is 6.24. The summed E-state index contributed by atoms with van der Waals surface area (Å²) in [5.74, 6) is 1.62. The first-order valence-corrected chi connectivity index (χ1v) is 9.29. The van der Waals surface area contributed by atoms with E-state index in [-0.39, 0.29) is 24.9 Å². The molecule has 0 unspecified atom stereocenters. The largest absolute Gasteiger partial charge is 0.497 e. The molecule has 156 valence electrons. The molecular formula is C22H22FN3O4. The Morgan fingerprint density at radius 1 is 1.13 bits per heavy atom. The van der Waals surface area contributed by atoms with Crippen molar-refractivity contribution in [1.82, 2.24) is 9.97 Å². The van der Waals surface area contributed by atoms with Gasteiger partial charge in [0.1, 0.15) is 42.5 Å². The van der Waals surface area contributed by atoms with Crippen LogP contribution in [0.2, 0.25) is 0 Å². The molecule has 0 aliphatic carbocycles. The topological polar surface area (TPSA) is 73.8 Å². The van der Waals surface area contributed by atoms with Crippen molar-refractivity contribution >= 4 is 11.6 Å². The standard InChI is InChI=1S/C22H22FN3O4/c1-16(27)26(14-17-12-19(28-2)8-9-21(17)29-11-10-23)20-13-24-15-25-22(20)30-18-6-4-3-5-7-18/h3-9,12-13,15H,10-11,14H2,1-2H3/i23-1. The minimum Gasteiger partial charge on any atom is -0.497 e. The van der Waals surface area contributed by atoms with Gasteiger partial charge in [-0.15, -0.1) is 0 Å². The summed E-state index contributed by atoms with van der Waals surface area (Å²) < 4.78 is 29.3. The van der Waals surface area contributed by atoms with Crippen LogP contribution < -0.4 is 19.1 Å². The molecule has 0 radical (unpaired) electrons. The van der Waals surface area contributed by atoms with Crippen molar-refractivity contribution < 1.29 is 23.4 Å². The maximum atomic E-state index is 12.6. The molecule has 0 aliphatic rings. The highest BCUT2D eigenvalue weighted by Gasteiger charge is 2.21. The van der Waals surface area contributed by atoms with Gasteiger partial charge in [0, 0.05) is 12.5 Å². The van der Waals surface area contributed by atoms with Crippen LogP contribution in [0.4, 0.5) is 10.1 Å². The number of ether oxygens (including phenoxy) is 3. The molecular weight excluding hydrogens is 388 g/mol. The normalized spacial score (nSPS) is 10.4. The van der Waals surface area contributed by atoms with Gasteiger partial charge in [0.05, 0.1) is 19.9 Å². The first kappa shape index (κ1) is 21.0. The molecule has 0 spiro atoms. The van der Waals surface area contributed by atoms with Gasteiger partial charge in [-0.25, -0.2) is 9.37 Å². The maximum Gasteiger partial charge on any atom is 0.246 e. The summed E-state index contributed by atoms with van der Waals surface area (Å²) >= 11 is 0. The molecule has 1 aromatic heterocycles. The summed E-state index contributed by atoms with van der Waals surface area (Å²) in [6.07, 6.45) is 2.86. The maximum absolute atomic E-state index is 12.6. The molecule has 8 heteroatoms. The third-order valence-corrected chi connectivity index (χ3v) is 4.22. The van der Waals surface area contributed by atoms with Crippen molar-refractivity contribution in [1.29, 1.82) is 0 Å². The third-order valence-electron chi connectivity index (χ3n) is 4.22. The number of hydrogen-bond donors (Lipinski definition) is 0. The number of benzene rings is 2. The molecule has 3 aromatic rings. The second kappa shape index (κ2) is 10.2. The van der Waals surface area contributed by atoms with E-state index in [0.717, 1.165) is 0 Å². The molecule has 3 rings (SSSR count). The number of methoxy groups -OCH3 is 1. The molecule has 0 aliphatic heterocycles.